The second-order valence-electron chi connectivity index (χ2n) is 6.07. The Morgan fingerprint density at radius 2 is 1.61 bits per heavy atom. The number of hydrogen-bond donors (Lipinski definition) is 1. The summed E-state index contributed by atoms with van der Waals surface area (Å²) in [4.78, 5) is 39.5. The summed E-state index contributed by atoms with van der Waals surface area (Å²) in [5, 5.41) is 0. The maximum absolute atomic E-state index is 12.5. The quantitative estimate of drug-likeness (QED) is 0.524. The van der Waals surface area contributed by atoms with E-state index in [9.17, 15) is 14.4 Å². The van der Waals surface area contributed by atoms with Gasteiger partial charge in [0.15, 0.2) is 0 Å². The minimum atomic E-state index is -0.575. The first kappa shape index (κ1) is 21.2. The smallest absolute Gasteiger partial charge is 0.355 e. The summed E-state index contributed by atoms with van der Waals surface area (Å²) >= 11 is 0. The molecule has 0 atom stereocenters. The molecule has 1 heterocycles. The number of aryl methyl sites for hydroxylation is 1. The van der Waals surface area contributed by atoms with Crippen LogP contribution < -0.4 is 0 Å². The summed E-state index contributed by atoms with van der Waals surface area (Å²) in [6.45, 7) is 5.68. The number of rotatable bonds is 9. The molecule has 1 aromatic carbocycles. The summed E-state index contributed by atoms with van der Waals surface area (Å²) in [6, 6.07) is 9.29. The lowest BCUT2D eigenvalue weighted by molar-refractivity contribution is -0.143. The summed E-state index contributed by atoms with van der Waals surface area (Å²) in [6.07, 6.45) is 0.304. The average Bonchev–Trinajstić information content (AvgIpc) is 3.02. The number of aromatic amines is 1. The molecule has 0 saturated carbocycles. The Hall–Kier alpha value is -3.09. The molecule has 0 radical (unpaired) electrons. The number of H-pyrrole nitrogens is 1. The van der Waals surface area contributed by atoms with Crippen molar-refractivity contribution in [2.75, 3.05) is 13.2 Å². The Morgan fingerprint density at radius 1 is 0.929 bits per heavy atom. The topological polar surface area (TPSA) is 94.7 Å². The molecule has 0 unspecified atom stereocenters. The maximum Gasteiger partial charge on any atom is 0.355 e. The molecule has 0 aliphatic rings. The van der Waals surface area contributed by atoms with Gasteiger partial charge in [-0.1, -0.05) is 30.3 Å². The molecule has 150 valence electrons. The van der Waals surface area contributed by atoms with Crippen LogP contribution in [0.4, 0.5) is 0 Å². The fraction of sp³-hybridized carbons (Fsp3) is 0.381. The van der Waals surface area contributed by atoms with Crippen LogP contribution in [0.1, 0.15) is 57.9 Å². The van der Waals surface area contributed by atoms with Crippen LogP contribution in [0.15, 0.2) is 30.3 Å². The largest absolute Gasteiger partial charge is 0.466 e. The number of ether oxygens (including phenoxy) is 3. The molecule has 0 spiro atoms. The highest BCUT2D eigenvalue weighted by Gasteiger charge is 2.26. The Bertz CT molecular complexity index is 825. The Morgan fingerprint density at radius 3 is 2.25 bits per heavy atom. The predicted molar refractivity (Wildman–Crippen MR) is 102 cm³/mol. The Labute approximate surface area is 164 Å². The molecule has 28 heavy (non-hydrogen) atoms. The minimum Gasteiger partial charge on any atom is -0.466 e. The summed E-state index contributed by atoms with van der Waals surface area (Å²) < 4.78 is 15.4. The van der Waals surface area contributed by atoms with Crippen LogP contribution in [0.25, 0.3) is 0 Å². The van der Waals surface area contributed by atoms with Crippen LogP contribution in [0, 0.1) is 6.92 Å². The number of esters is 3. The molecule has 0 aliphatic heterocycles. The molecular formula is C21H25NO6. The number of carbonyl (C=O) groups excluding carboxylic acids is 3. The zero-order valence-corrected chi connectivity index (χ0v) is 16.4. The van der Waals surface area contributed by atoms with Gasteiger partial charge in [0.25, 0.3) is 0 Å². The lowest BCUT2D eigenvalue weighted by atomic mass is 10.1. The van der Waals surface area contributed by atoms with Gasteiger partial charge in [-0.05, 0) is 38.3 Å². The summed E-state index contributed by atoms with van der Waals surface area (Å²) in [7, 11) is 0. The van der Waals surface area contributed by atoms with Crippen molar-refractivity contribution in [2.45, 2.75) is 40.2 Å². The molecule has 0 bridgehead atoms. The van der Waals surface area contributed by atoms with Gasteiger partial charge < -0.3 is 19.2 Å². The van der Waals surface area contributed by atoms with Gasteiger partial charge >= 0.3 is 17.9 Å². The first-order chi connectivity index (χ1) is 13.5. The predicted octanol–water partition coefficient (Wildman–Crippen LogP) is 3.35. The minimum absolute atomic E-state index is 0.0820. The molecule has 0 fully saturated rings. The van der Waals surface area contributed by atoms with Gasteiger partial charge in [-0.3, -0.25) is 4.79 Å². The van der Waals surface area contributed by atoms with E-state index < -0.39 is 11.9 Å². The van der Waals surface area contributed by atoms with E-state index in [-0.39, 0.29) is 49.9 Å². The summed E-state index contributed by atoms with van der Waals surface area (Å²) in [5.41, 5.74) is 2.19. The lowest BCUT2D eigenvalue weighted by Crippen LogP contribution is -2.11. The van der Waals surface area contributed by atoms with Gasteiger partial charge in [-0.2, -0.15) is 0 Å². The van der Waals surface area contributed by atoms with Gasteiger partial charge in [-0.25, -0.2) is 9.59 Å². The molecule has 1 N–H and O–H groups in total. The Kier molecular flexibility index (Phi) is 7.80. The highest BCUT2D eigenvalue weighted by Crippen LogP contribution is 2.22. The number of benzene rings is 1. The van der Waals surface area contributed by atoms with E-state index in [1.807, 2.05) is 30.3 Å². The van der Waals surface area contributed by atoms with Crippen LogP contribution in [-0.4, -0.2) is 36.1 Å². The van der Waals surface area contributed by atoms with E-state index in [0.717, 1.165) is 5.56 Å². The molecule has 7 nitrogen and oxygen atoms in total. The highest BCUT2D eigenvalue weighted by atomic mass is 16.5. The molecule has 2 aromatic rings. The average molecular weight is 387 g/mol. The third-order valence-electron chi connectivity index (χ3n) is 4.11. The maximum atomic E-state index is 12.5. The van der Waals surface area contributed by atoms with Crippen molar-refractivity contribution in [2.24, 2.45) is 0 Å². The normalized spacial score (nSPS) is 10.4. The fourth-order valence-electron chi connectivity index (χ4n) is 2.79. The van der Waals surface area contributed by atoms with Crippen molar-refractivity contribution in [3.8, 4) is 0 Å². The van der Waals surface area contributed by atoms with Crippen molar-refractivity contribution in [1.29, 1.82) is 0 Å². The standard InChI is InChI=1S/C21H25NO6/c1-4-26-17(23)12-11-16-18(20(24)27-5-2)14(3)19(22-16)21(25)28-13-15-9-7-6-8-10-15/h6-10,22H,4-5,11-13H2,1-3H3. The number of nitrogens with one attached hydrogen (secondary N) is 1. The van der Waals surface area contributed by atoms with Crippen LogP contribution in [0.3, 0.4) is 0 Å². The van der Waals surface area contributed by atoms with Crippen molar-refractivity contribution < 1.29 is 28.6 Å². The van der Waals surface area contributed by atoms with Crippen LogP contribution in [0.5, 0.6) is 0 Å². The monoisotopic (exact) mass is 387 g/mol. The molecule has 7 heteroatoms. The van der Waals surface area contributed by atoms with Crippen LogP contribution in [-0.2, 0) is 32.0 Å². The van der Waals surface area contributed by atoms with Gasteiger partial charge in [0.1, 0.15) is 12.3 Å². The van der Waals surface area contributed by atoms with E-state index in [4.69, 9.17) is 14.2 Å². The van der Waals surface area contributed by atoms with E-state index in [1.54, 1.807) is 20.8 Å². The molecule has 2 rings (SSSR count). The van der Waals surface area contributed by atoms with Gasteiger partial charge in [0.2, 0.25) is 0 Å². The molecule has 1 aromatic heterocycles. The second-order valence-corrected chi connectivity index (χ2v) is 6.07. The van der Waals surface area contributed by atoms with E-state index in [2.05, 4.69) is 4.98 Å². The second kappa shape index (κ2) is 10.3. The molecular weight excluding hydrogens is 362 g/mol. The highest BCUT2D eigenvalue weighted by molar-refractivity contribution is 5.98. The lowest BCUT2D eigenvalue weighted by Gasteiger charge is -2.05. The molecule has 0 saturated heterocycles. The van der Waals surface area contributed by atoms with E-state index in [1.165, 1.54) is 0 Å². The zero-order valence-electron chi connectivity index (χ0n) is 16.4. The number of carbonyl (C=O) groups is 3. The van der Waals surface area contributed by atoms with Gasteiger partial charge in [0.05, 0.1) is 25.2 Å². The SMILES string of the molecule is CCOC(=O)CCc1[nH]c(C(=O)OCc2ccccc2)c(C)c1C(=O)OCC. The Balaban J connectivity index is 2.20. The first-order valence-electron chi connectivity index (χ1n) is 9.23. The van der Waals surface area contributed by atoms with Crippen molar-refractivity contribution in [1.82, 2.24) is 4.98 Å². The van der Waals surface area contributed by atoms with E-state index >= 15 is 0 Å². The van der Waals surface area contributed by atoms with Crippen LogP contribution in [0.2, 0.25) is 0 Å². The fourth-order valence-corrected chi connectivity index (χ4v) is 2.79. The number of aromatic nitrogens is 1. The molecule has 0 aliphatic carbocycles. The zero-order chi connectivity index (χ0) is 20.5. The first-order valence-corrected chi connectivity index (χ1v) is 9.23. The van der Waals surface area contributed by atoms with Crippen molar-refractivity contribution in [3.63, 3.8) is 0 Å². The molecule has 0 amide bonds. The van der Waals surface area contributed by atoms with Gasteiger partial charge in [-0.15, -0.1) is 0 Å². The van der Waals surface area contributed by atoms with Gasteiger partial charge in [0, 0.05) is 5.69 Å². The van der Waals surface area contributed by atoms with E-state index in [0.29, 0.717) is 11.3 Å². The van der Waals surface area contributed by atoms with Crippen molar-refractivity contribution in [3.05, 3.63) is 58.4 Å². The van der Waals surface area contributed by atoms with Crippen LogP contribution >= 0.6 is 0 Å². The number of hydrogen-bond acceptors (Lipinski definition) is 6. The summed E-state index contributed by atoms with van der Waals surface area (Å²) in [5.74, 6) is -1.50. The third-order valence-corrected chi connectivity index (χ3v) is 4.11. The van der Waals surface area contributed by atoms with Crippen molar-refractivity contribution >= 4 is 17.9 Å². The third kappa shape index (κ3) is 5.45.